The van der Waals surface area contributed by atoms with Crippen molar-refractivity contribution in [2.75, 3.05) is 6.54 Å². The van der Waals surface area contributed by atoms with Crippen LogP contribution in [-0.2, 0) is 0 Å². The summed E-state index contributed by atoms with van der Waals surface area (Å²) < 4.78 is 36.9. The third kappa shape index (κ3) is 4.01. The van der Waals surface area contributed by atoms with Crippen LogP contribution in [0.15, 0.2) is 0 Å². The van der Waals surface area contributed by atoms with E-state index >= 15 is 0 Å². The molecule has 0 spiro atoms. The van der Waals surface area contributed by atoms with Crippen molar-refractivity contribution in [3.63, 3.8) is 0 Å². The van der Waals surface area contributed by atoms with Crippen LogP contribution in [0.5, 0.6) is 0 Å². The third-order valence-electron chi connectivity index (χ3n) is 3.10. The second-order valence-corrected chi connectivity index (χ2v) is 4.60. The third-order valence-corrected chi connectivity index (χ3v) is 3.10. The summed E-state index contributed by atoms with van der Waals surface area (Å²) in [5, 5.41) is 11.3. The van der Waals surface area contributed by atoms with Crippen molar-refractivity contribution >= 4 is 0 Å². The quantitative estimate of drug-likeness (QED) is 0.815. The maximum absolute atomic E-state index is 12.3. The van der Waals surface area contributed by atoms with Crippen molar-refractivity contribution in [3.05, 3.63) is 0 Å². The van der Waals surface area contributed by atoms with Gasteiger partial charge in [-0.25, -0.2) is 0 Å². The predicted molar refractivity (Wildman–Crippen MR) is 54.6 cm³/mol. The normalized spacial score (nSPS) is 28.4. The van der Waals surface area contributed by atoms with Gasteiger partial charge >= 0.3 is 6.18 Å². The molecule has 2 nitrogen and oxygen atoms in total. The number of halogens is 3. The standard InChI is InChI=1S/C11H17F3N2/c1-8-3-2-4-10(5-8)16-7-9(6-15)11(12,13)14/h8-10,16H,2-5,7H2,1H3. The summed E-state index contributed by atoms with van der Waals surface area (Å²) >= 11 is 0. The van der Waals surface area contributed by atoms with Gasteiger partial charge in [0.05, 0.1) is 6.07 Å². The Morgan fingerprint density at radius 2 is 2.12 bits per heavy atom. The van der Waals surface area contributed by atoms with Gasteiger partial charge in [0.15, 0.2) is 5.92 Å². The molecule has 1 saturated carbocycles. The van der Waals surface area contributed by atoms with Gasteiger partial charge in [-0.05, 0) is 18.8 Å². The van der Waals surface area contributed by atoms with Crippen molar-refractivity contribution in [1.29, 1.82) is 5.26 Å². The summed E-state index contributed by atoms with van der Waals surface area (Å²) in [7, 11) is 0. The zero-order valence-corrected chi connectivity index (χ0v) is 9.35. The van der Waals surface area contributed by atoms with Crippen LogP contribution < -0.4 is 5.32 Å². The van der Waals surface area contributed by atoms with E-state index < -0.39 is 12.1 Å². The molecule has 0 aliphatic heterocycles. The Morgan fingerprint density at radius 1 is 1.44 bits per heavy atom. The molecule has 0 aromatic carbocycles. The summed E-state index contributed by atoms with van der Waals surface area (Å²) in [4.78, 5) is 0. The van der Waals surface area contributed by atoms with Crippen molar-refractivity contribution in [2.45, 2.75) is 44.8 Å². The van der Waals surface area contributed by atoms with E-state index in [1.807, 2.05) is 0 Å². The summed E-state index contributed by atoms with van der Waals surface area (Å²) in [6, 6.07) is 1.45. The number of rotatable bonds is 3. The van der Waals surface area contributed by atoms with Crippen LogP contribution in [0, 0.1) is 23.2 Å². The van der Waals surface area contributed by atoms with Gasteiger partial charge in [-0.3, -0.25) is 0 Å². The number of nitrogens with zero attached hydrogens (tertiary/aromatic N) is 1. The molecule has 5 heteroatoms. The molecule has 0 saturated heterocycles. The molecule has 0 heterocycles. The largest absolute Gasteiger partial charge is 0.405 e. The molecule has 1 aliphatic carbocycles. The Morgan fingerprint density at radius 3 is 2.62 bits per heavy atom. The molecule has 0 bridgehead atoms. The highest BCUT2D eigenvalue weighted by Crippen LogP contribution is 2.27. The fraction of sp³-hybridized carbons (Fsp3) is 0.909. The van der Waals surface area contributed by atoms with Crippen molar-refractivity contribution in [3.8, 4) is 6.07 Å². The minimum atomic E-state index is -4.41. The highest BCUT2D eigenvalue weighted by molar-refractivity contribution is 4.91. The molecule has 1 N–H and O–H groups in total. The summed E-state index contributed by atoms with van der Waals surface area (Å²) in [6.07, 6.45) is -0.375. The summed E-state index contributed by atoms with van der Waals surface area (Å²) in [5.74, 6) is -1.32. The van der Waals surface area contributed by atoms with Crippen molar-refractivity contribution in [1.82, 2.24) is 5.32 Å². The van der Waals surface area contributed by atoms with Crippen LogP contribution in [-0.4, -0.2) is 18.8 Å². The van der Waals surface area contributed by atoms with E-state index in [0.717, 1.165) is 25.7 Å². The minimum absolute atomic E-state index is 0.141. The van der Waals surface area contributed by atoms with Gasteiger partial charge < -0.3 is 5.32 Å². The molecule has 1 aliphatic rings. The lowest BCUT2D eigenvalue weighted by Crippen LogP contribution is -2.40. The number of hydrogen-bond donors (Lipinski definition) is 1. The number of nitriles is 1. The van der Waals surface area contributed by atoms with Crippen LogP contribution in [0.25, 0.3) is 0 Å². The first kappa shape index (κ1) is 13.3. The second-order valence-electron chi connectivity index (χ2n) is 4.60. The van der Waals surface area contributed by atoms with Crippen LogP contribution >= 0.6 is 0 Å². The number of hydrogen-bond acceptors (Lipinski definition) is 2. The monoisotopic (exact) mass is 234 g/mol. The van der Waals surface area contributed by atoms with E-state index in [9.17, 15) is 13.2 Å². The fourth-order valence-corrected chi connectivity index (χ4v) is 2.14. The van der Waals surface area contributed by atoms with Gasteiger partial charge in [-0.2, -0.15) is 18.4 Å². The molecule has 1 rings (SSSR count). The smallest absolute Gasteiger partial charge is 0.312 e. The van der Waals surface area contributed by atoms with E-state index in [4.69, 9.17) is 5.26 Å². The molecule has 92 valence electrons. The zero-order chi connectivity index (χ0) is 12.2. The predicted octanol–water partition coefficient (Wildman–Crippen LogP) is 2.86. The van der Waals surface area contributed by atoms with E-state index in [1.54, 1.807) is 0 Å². The lowest BCUT2D eigenvalue weighted by atomic mass is 9.87. The Kier molecular flexibility index (Phi) is 4.60. The molecule has 0 aromatic rings. The molecule has 0 amide bonds. The number of alkyl halides is 3. The maximum Gasteiger partial charge on any atom is 0.405 e. The van der Waals surface area contributed by atoms with Crippen LogP contribution in [0.4, 0.5) is 13.2 Å². The zero-order valence-electron chi connectivity index (χ0n) is 9.35. The highest BCUT2D eigenvalue weighted by atomic mass is 19.4. The average Bonchev–Trinajstić information content (AvgIpc) is 2.16. The highest BCUT2D eigenvalue weighted by Gasteiger charge is 2.39. The van der Waals surface area contributed by atoms with Gasteiger partial charge in [-0.15, -0.1) is 0 Å². The van der Waals surface area contributed by atoms with Crippen LogP contribution in [0.1, 0.15) is 32.6 Å². The fourth-order valence-electron chi connectivity index (χ4n) is 2.14. The Balaban J connectivity index is 2.36. The molecular formula is C11H17F3N2. The van der Waals surface area contributed by atoms with Crippen LogP contribution in [0.2, 0.25) is 0 Å². The first-order chi connectivity index (χ1) is 7.43. The van der Waals surface area contributed by atoms with E-state index in [0.29, 0.717) is 5.92 Å². The van der Waals surface area contributed by atoms with Gasteiger partial charge in [0, 0.05) is 12.6 Å². The van der Waals surface area contributed by atoms with Gasteiger partial charge in [0.25, 0.3) is 0 Å². The molecule has 3 atom stereocenters. The molecular weight excluding hydrogens is 217 g/mol. The molecule has 0 aromatic heterocycles. The molecule has 16 heavy (non-hydrogen) atoms. The summed E-state index contributed by atoms with van der Waals surface area (Å²) in [6.45, 7) is 1.83. The average molecular weight is 234 g/mol. The van der Waals surface area contributed by atoms with E-state index in [1.165, 1.54) is 6.07 Å². The lowest BCUT2D eigenvalue weighted by Gasteiger charge is -2.28. The molecule has 1 fully saturated rings. The van der Waals surface area contributed by atoms with Crippen LogP contribution in [0.3, 0.4) is 0 Å². The first-order valence-electron chi connectivity index (χ1n) is 5.63. The second kappa shape index (κ2) is 5.53. The lowest BCUT2D eigenvalue weighted by molar-refractivity contribution is -0.158. The number of nitrogens with one attached hydrogen (secondary N) is 1. The van der Waals surface area contributed by atoms with Gasteiger partial charge in [0.2, 0.25) is 0 Å². The topological polar surface area (TPSA) is 35.8 Å². The SMILES string of the molecule is CC1CCCC(NCC(C#N)C(F)(F)F)C1. The Bertz CT molecular complexity index is 257. The minimum Gasteiger partial charge on any atom is -0.312 e. The Labute approximate surface area is 93.8 Å². The van der Waals surface area contributed by atoms with Gasteiger partial charge in [-0.1, -0.05) is 19.8 Å². The summed E-state index contributed by atoms with van der Waals surface area (Å²) in [5.41, 5.74) is 0. The van der Waals surface area contributed by atoms with Crippen molar-refractivity contribution in [2.24, 2.45) is 11.8 Å². The molecule has 3 unspecified atom stereocenters. The molecule has 0 radical (unpaired) electrons. The van der Waals surface area contributed by atoms with E-state index in [-0.39, 0.29) is 12.6 Å². The van der Waals surface area contributed by atoms with E-state index in [2.05, 4.69) is 12.2 Å². The van der Waals surface area contributed by atoms with Gasteiger partial charge in [0.1, 0.15) is 0 Å². The Hall–Kier alpha value is -0.760. The maximum atomic E-state index is 12.3. The first-order valence-corrected chi connectivity index (χ1v) is 5.63. The van der Waals surface area contributed by atoms with Crippen molar-refractivity contribution < 1.29 is 13.2 Å².